The van der Waals surface area contributed by atoms with Gasteiger partial charge in [0.1, 0.15) is 0 Å². The number of hydrogen-bond donors (Lipinski definition) is 3. The number of rotatable bonds is 5. The van der Waals surface area contributed by atoms with E-state index in [2.05, 4.69) is 22.5 Å². The van der Waals surface area contributed by atoms with Gasteiger partial charge in [-0.3, -0.25) is 4.79 Å². The molecule has 4 nitrogen and oxygen atoms in total. The lowest BCUT2D eigenvalue weighted by molar-refractivity contribution is -0.130. The van der Waals surface area contributed by atoms with E-state index in [0.29, 0.717) is 6.54 Å². The van der Waals surface area contributed by atoms with E-state index in [4.69, 9.17) is 0 Å². The molecule has 0 bridgehead atoms. The Morgan fingerprint density at radius 1 is 1.59 bits per heavy atom. The molecule has 1 aliphatic heterocycles. The fourth-order valence-electron chi connectivity index (χ4n) is 2.58. The lowest BCUT2D eigenvalue weighted by Gasteiger charge is -2.26. The summed E-state index contributed by atoms with van der Waals surface area (Å²) in [5, 5.41) is 6.36. The molecule has 1 atom stereocenters. The van der Waals surface area contributed by atoms with Crippen molar-refractivity contribution in [2.24, 2.45) is 5.41 Å². The van der Waals surface area contributed by atoms with Crippen LogP contribution in [0, 0.1) is 5.41 Å². The van der Waals surface area contributed by atoms with Crippen LogP contribution in [0.4, 0.5) is 0 Å². The Labute approximate surface area is 102 Å². The van der Waals surface area contributed by atoms with Crippen LogP contribution >= 0.6 is 0 Å². The normalized spacial score (nSPS) is 23.8. The fraction of sp³-hybridized carbons (Fsp3) is 0.615. The first-order chi connectivity index (χ1) is 8.27. The van der Waals surface area contributed by atoms with Gasteiger partial charge >= 0.3 is 0 Å². The van der Waals surface area contributed by atoms with Crippen molar-refractivity contribution in [3.63, 3.8) is 0 Å². The van der Waals surface area contributed by atoms with Crippen molar-refractivity contribution >= 4 is 5.91 Å². The Balaban J connectivity index is 1.92. The van der Waals surface area contributed by atoms with Gasteiger partial charge in [-0.25, -0.2) is 0 Å². The zero-order valence-corrected chi connectivity index (χ0v) is 10.4. The molecule has 2 rings (SSSR count). The SMILES string of the molecule is CCCC1(C(=O)NCc2cc[nH]c2)CCNC1. The van der Waals surface area contributed by atoms with E-state index in [0.717, 1.165) is 37.9 Å². The van der Waals surface area contributed by atoms with Crippen molar-refractivity contribution in [1.82, 2.24) is 15.6 Å². The Morgan fingerprint density at radius 3 is 3.06 bits per heavy atom. The second-order valence-corrected chi connectivity index (χ2v) is 4.86. The van der Waals surface area contributed by atoms with E-state index < -0.39 is 0 Å². The van der Waals surface area contributed by atoms with Crippen molar-refractivity contribution in [3.8, 4) is 0 Å². The minimum absolute atomic E-state index is 0.176. The monoisotopic (exact) mass is 235 g/mol. The quantitative estimate of drug-likeness (QED) is 0.722. The van der Waals surface area contributed by atoms with Gasteiger partial charge in [0.15, 0.2) is 0 Å². The molecule has 1 aromatic rings. The third-order valence-corrected chi connectivity index (χ3v) is 3.57. The second kappa shape index (κ2) is 5.36. The summed E-state index contributed by atoms with van der Waals surface area (Å²) in [6.45, 7) is 4.53. The van der Waals surface area contributed by atoms with Crippen molar-refractivity contribution < 1.29 is 4.79 Å². The minimum atomic E-state index is -0.176. The predicted molar refractivity (Wildman–Crippen MR) is 67.5 cm³/mol. The first-order valence-corrected chi connectivity index (χ1v) is 6.37. The Morgan fingerprint density at radius 2 is 2.47 bits per heavy atom. The van der Waals surface area contributed by atoms with Gasteiger partial charge in [0.25, 0.3) is 0 Å². The highest BCUT2D eigenvalue weighted by atomic mass is 16.2. The topological polar surface area (TPSA) is 56.9 Å². The third kappa shape index (κ3) is 2.69. The molecule has 1 aromatic heterocycles. The Bertz CT molecular complexity index is 353. The third-order valence-electron chi connectivity index (χ3n) is 3.57. The summed E-state index contributed by atoms with van der Waals surface area (Å²) in [7, 11) is 0. The maximum atomic E-state index is 12.3. The van der Waals surface area contributed by atoms with Crippen LogP contribution in [0.15, 0.2) is 18.5 Å². The number of carbonyl (C=O) groups is 1. The molecule has 0 radical (unpaired) electrons. The smallest absolute Gasteiger partial charge is 0.227 e. The number of carbonyl (C=O) groups excluding carboxylic acids is 1. The second-order valence-electron chi connectivity index (χ2n) is 4.86. The summed E-state index contributed by atoms with van der Waals surface area (Å²) in [4.78, 5) is 15.3. The van der Waals surface area contributed by atoms with Crippen molar-refractivity contribution in [2.45, 2.75) is 32.7 Å². The average molecular weight is 235 g/mol. The van der Waals surface area contributed by atoms with Gasteiger partial charge in [-0.05, 0) is 31.0 Å². The molecular formula is C13H21N3O. The lowest BCUT2D eigenvalue weighted by atomic mass is 9.81. The van der Waals surface area contributed by atoms with Gasteiger partial charge in [0.2, 0.25) is 5.91 Å². The number of amides is 1. The van der Waals surface area contributed by atoms with E-state index in [1.807, 2.05) is 18.5 Å². The van der Waals surface area contributed by atoms with E-state index in [1.165, 1.54) is 0 Å². The summed E-state index contributed by atoms with van der Waals surface area (Å²) < 4.78 is 0. The van der Waals surface area contributed by atoms with Gasteiger partial charge in [0.05, 0.1) is 5.41 Å². The van der Waals surface area contributed by atoms with Crippen LogP contribution in [0.1, 0.15) is 31.7 Å². The molecule has 0 aromatic carbocycles. The van der Waals surface area contributed by atoms with Gasteiger partial charge in [-0.2, -0.15) is 0 Å². The summed E-state index contributed by atoms with van der Waals surface area (Å²) in [6, 6.07) is 1.99. The summed E-state index contributed by atoms with van der Waals surface area (Å²) in [5.74, 6) is 0.200. The van der Waals surface area contributed by atoms with Crippen molar-refractivity contribution in [2.75, 3.05) is 13.1 Å². The molecule has 1 amide bonds. The van der Waals surface area contributed by atoms with Gasteiger partial charge in [-0.15, -0.1) is 0 Å². The molecule has 1 unspecified atom stereocenters. The number of aromatic nitrogens is 1. The van der Waals surface area contributed by atoms with E-state index in [1.54, 1.807) is 0 Å². The molecule has 0 aliphatic carbocycles. The molecule has 3 N–H and O–H groups in total. The summed E-state index contributed by atoms with van der Waals surface area (Å²) >= 11 is 0. The maximum absolute atomic E-state index is 12.3. The highest BCUT2D eigenvalue weighted by Gasteiger charge is 2.39. The highest BCUT2D eigenvalue weighted by Crippen LogP contribution is 2.31. The standard InChI is InChI=1S/C13H21N3O/c1-2-4-13(5-7-15-10-13)12(17)16-9-11-3-6-14-8-11/h3,6,8,14-15H,2,4-5,7,9-10H2,1H3,(H,16,17). The Hall–Kier alpha value is -1.29. The van der Waals surface area contributed by atoms with E-state index in [9.17, 15) is 4.79 Å². The van der Waals surface area contributed by atoms with E-state index >= 15 is 0 Å². The van der Waals surface area contributed by atoms with Crippen molar-refractivity contribution in [1.29, 1.82) is 0 Å². The number of H-pyrrole nitrogens is 1. The molecule has 1 aliphatic rings. The fourth-order valence-corrected chi connectivity index (χ4v) is 2.58. The van der Waals surface area contributed by atoms with Crippen LogP contribution in [0.5, 0.6) is 0 Å². The Kier molecular flexibility index (Phi) is 3.84. The van der Waals surface area contributed by atoms with Gasteiger partial charge in [0, 0.05) is 25.5 Å². The predicted octanol–water partition coefficient (Wildman–Crippen LogP) is 1.41. The molecule has 94 valence electrons. The van der Waals surface area contributed by atoms with Crippen molar-refractivity contribution in [3.05, 3.63) is 24.0 Å². The number of hydrogen-bond acceptors (Lipinski definition) is 2. The lowest BCUT2D eigenvalue weighted by Crippen LogP contribution is -2.42. The largest absolute Gasteiger partial charge is 0.367 e. The van der Waals surface area contributed by atoms with Gasteiger partial charge < -0.3 is 15.6 Å². The zero-order chi connectivity index (χ0) is 12.1. The van der Waals surface area contributed by atoms with Crippen LogP contribution in [-0.4, -0.2) is 24.0 Å². The minimum Gasteiger partial charge on any atom is -0.367 e. The van der Waals surface area contributed by atoms with Crippen LogP contribution < -0.4 is 10.6 Å². The van der Waals surface area contributed by atoms with Crippen LogP contribution in [-0.2, 0) is 11.3 Å². The summed E-state index contributed by atoms with van der Waals surface area (Å²) in [5.41, 5.74) is 0.946. The number of aromatic amines is 1. The van der Waals surface area contributed by atoms with Crippen LogP contribution in [0.25, 0.3) is 0 Å². The highest BCUT2D eigenvalue weighted by molar-refractivity contribution is 5.83. The average Bonchev–Trinajstić information content (AvgIpc) is 2.97. The summed E-state index contributed by atoms with van der Waals surface area (Å²) in [6.07, 6.45) is 6.78. The first kappa shape index (κ1) is 12.2. The molecular weight excluding hydrogens is 214 g/mol. The van der Waals surface area contributed by atoms with E-state index in [-0.39, 0.29) is 11.3 Å². The first-order valence-electron chi connectivity index (χ1n) is 6.37. The zero-order valence-electron chi connectivity index (χ0n) is 10.4. The molecule has 17 heavy (non-hydrogen) atoms. The maximum Gasteiger partial charge on any atom is 0.227 e. The van der Waals surface area contributed by atoms with Gasteiger partial charge in [-0.1, -0.05) is 13.3 Å². The molecule has 1 fully saturated rings. The number of nitrogens with one attached hydrogen (secondary N) is 3. The molecule has 4 heteroatoms. The molecule has 1 saturated heterocycles. The van der Waals surface area contributed by atoms with Crippen LogP contribution in [0.2, 0.25) is 0 Å². The molecule has 0 saturated carbocycles. The molecule has 0 spiro atoms. The molecule has 2 heterocycles. The van der Waals surface area contributed by atoms with Crippen LogP contribution in [0.3, 0.4) is 0 Å².